The van der Waals surface area contributed by atoms with E-state index < -0.39 is 0 Å². The fourth-order valence-corrected chi connectivity index (χ4v) is 2.39. The van der Waals surface area contributed by atoms with Gasteiger partial charge in [0.2, 0.25) is 0 Å². The summed E-state index contributed by atoms with van der Waals surface area (Å²) >= 11 is 0. The molecule has 1 heteroatoms. The van der Waals surface area contributed by atoms with Gasteiger partial charge in [0.25, 0.3) is 0 Å². The van der Waals surface area contributed by atoms with Crippen molar-refractivity contribution in [2.24, 2.45) is 5.92 Å². The van der Waals surface area contributed by atoms with Crippen LogP contribution in [0.25, 0.3) is 0 Å². The predicted octanol–water partition coefficient (Wildman–Crippen LogP) is 4.75. The highest BCUT2D eigenvalue weighted by Crippen LogP contribution is 2.31. The summed E-state index contributed by atoms with van der Waals surface area (Å²) in [5.41, 5.74) is 2.41. The molecule has 98 valence electrons. The van der Waals surface area contributed by atoms with Gasteiger partial charge in [-0.1, -0.05) is 64.3 Å². The first-order valence-corrected chi connectivity index (χ1v) is 7.16. The van der Waals surface area contributed by atoms with Crippen molar-refractivity contribution in [1.29, 1.82) is 0 Å². The minimum atomic E-state index is 0.204. The van der Waals surface area contributed by atoms with Crippen LogP contribution in [0.1, 0.15) is 68.8 Å². The van der Waals surface area contributed by atoms with Crippen LogP contribution in [0.3, 0.4) is 0 Å². The Labute approximate surface area is 111 Å². The highest BCUT2D eigenvalue weighted by Gasteiger charge is 2.22. The molecule has 0 bridgehead atoms. The van der Waals surface area contributed by atoms with Crippen LogP contribution in [0.15, 0.2) is 24.3 Å². The summed E-state index contributed by atoms with van der Waals surface area (Å²) in [5, 5.41) is 0. The van der Waals surface area contributed by atoms with Crippen LogP contribution in [-0.4, -0.2) is 5.78 Å². The first-order chi connectivity index (χ1) is 8.53. The maximum atomic E-state index is 12.1. The lowest BCUT2D eigenvalue weighted by atomic mass is 9.80. The molecule has 0 unspecified atom stereocenters. The molecular weight excluding hydrogens is 220 g/mol. The van der Waals surface area contributed by atoms with Crippen LogP contribution < -0.4 is 0 Å². The monoisotopic (exact) mass is 244 g/mol. The Morgan fingerprint density at radius 1 is 1.22 bits per heavy atom. The molecule has 0 heterocycles. The van der Waals surface area contributed by atoms with Crippen molar-refractivity contribution in [3.63, 3.8) is 0 Å². The van der Waals surface area contributed by atoms with E-state index in [-0.39, 0.29) is 5.41 Å². The van der Waals surface area contributed by atoms with Crippen molar-refractivity contribution in [3.8, 4) is 0 Å². The molecule has 0 spiro atoms. The van der Waals surface area contributed by atoms with Gasteiger partial charge in [-0.25, -0.2) is 0 Å². The molecule has 0 atom stereocenters. The first kappa shape index (κ1) is 13.3. The molecule has 2 rings (SSSR count). The number of carbonyl (C=O) groups is 1. The number of hydrogen-bond donors (Lipinski definition) is 0. The average Bonchev–Trinajstić information content (AvgIpc) is 2.33. The lowest BCUT2D eigenvalue weighted by molar-refractivity contribution is 0.0936. The molecule has 0 saturated heterocycles. The van der Waals surface area contributed by atoms with Crippen LogP contribution >= 0.6 is 0 Å². The van der Waals surface area contributed by atoms with Crippen molar-refractivity contribution >= 4 is 5.78 Å². The van der Waals surface area contributed by atoms with E-state index in [1.807, 2.05) is 12.1 Å². The van der Waals surface area contributed by atoms with E-state index in [2.05, 4.69) is 32.9 Å². The van der Waals surface area contributed by atoms with Gasteiger partial charge in [-0.3, -0.25) is 4.79 Å². The first-order valence-electron chi connectivity index (χ1n) is 7.16. The second-order valence-corrected chi connectivity index (χ2v) is 6.24. The number of ketones is 1. The van der Waals surface area contributed by atoms with Crippen LogP contribution in [0.2, 0.25) is 0 Å². The summed E-state index contributed by atoms with van der Waals surface area (Å²) in [6.07, 6.45) is 5.65. The zero-order valence-corrected chi connectivity index (χ0v) is 11.8. The van der Waals surface area contributed by atoms with Crippen LogP contribution in [0.5, 0.6) is 0 Å². The molecule has 1 aliphatic carbocycles. The van der Waals surface area contributed by atoms with E-state index in [9.17, 15) is 4.79 Å². The van der Waals surface area contributed by atoms with Gasteiger partial charge < -0.3 is 0 Å². The standard InChI is InChI=1S/C17H24O/c1-4-17(2,3)15-10-8-14(9-11-15)16(18)12-13-6-5-7-13/h8-11,13H,4-7,12H2,1-3H3. The maximum absolute atomic E-state index is 12.1. The second-order valence-electron chi connectivity index (χ2n) is 6.24. The zero-order valence-electron chi connectivity index (χ0n) is 11.8. The number of rotatable bonds is 5. The Hall–Kier alpha value is -1.11. The van der Waals surface area contributed by atoms with Gasteiger partial charge in [0, 0.05) is 12.0 Å². The maximum Gasteiger partial charge on any atom is 0.163 e. The lowest BCUT2D eigenvalue weighted by Gasteiger charge is -2.25. The van der Waals surface area contributed by atoms with Crippen LogP contribution in [0, 0.1) is 5.92 Å². The van der Waals surface area contributed by atoms with E-state index in [1.54, 1.807) is 0 Å². The van der Waals surface area contributed by atoms with Crippen molar-refractivity contribution in [2.45, 2.75) is 58.3 Å². The number of carbonyl (C=O) groups excluding carboxylic acids is 1. The van der Waals surface area contributed by atoms with Crippen molar-refractivity contribution in [2.75, 3.05) is 0 Å². The molecule has 1 nitrogen and oxygen atoms in total. The summed E-state index contributed by atoms with van der Waals surface area (Å²) in [4.78, 5) is 12.1. The van der Waals surface area contributed by atoms with Crippen LogP contribution in [-0.2, 0) is 5.41 Å². The van der Waals surface area contributed by atoms with E-state index in [1.165, 1.54) is 24.8 Å². The Bertz CT molecular complexity index is 410. The SMILES string of the molecule is CCC(C)(C)c1ccc(C(=O)CC2CCC2)cc1. The average molecular weight is 244 g/mol. The summed E-state index contributed by atoms with van der Waals surface area (Å²) in [6, 6.07) is 8.26. The molecule has 0 amide bonds. The van der Waals surface area contributed by atoms with Crippen molar-refractivity contribution < 1.29 is 4.79 Å². The summed E-state index contributed by atoms with van der Waals surface area (Å²) < 4.78 is 0. The molecule has 1 aliphatic rings. The third-order valence-electron chi connectivity index (χ3n) is 4.57. The van der Waals surface area contributed by atoms with E-state index in [0.29, 0.717) is 11.7 Å². The molecule has 1 fully saturated rings. The Kier molecular flexibility index (Phi) is 3.89. The van der Waals surface area contributed by atoms with Crippen LogP contribution in [0.4, 0.5) is 0 Å². The second kappa shape index (κ2) is 5.26. The zero-order chi connectivity index (χ0) is 13.2. The summed E-state index contributed by atoms with van der Waals surface area (Å²) in [5.74, 6) is 0.977. The predicted molar refractivity (Wildman–Crippen MR) is 76.0 cm³/mol. The Balaban J connectivity index is 2.04. The molecule has 18 heavy (non-hydrogen) atoms. The lowest BCUT2D eigenvalue weighted by Crippen LogP contribution is -2.17. The number of hydrogen-bond acceptors (Lipinski definition) is 1. The third-order valence-corrected chi connectivity index (χ3v) is 4.57. The molecule has 1 aromatic rings. The van der Waals surface area contributed by atoms with Gasteiger partial charge in [0.1, 0.15) is 0 Å². The molecule has 0 aromatic heterocycles. The topological polar surface area (TPSA) is 17.1 Å². The Morgan fingerprint density at radius 3 is 2.28 bits per heavy atom. The summed E-state index contributed by atoms with van der Waals surface area (Å²) in [6.45, 7) is 6.70. The van der Waals surface area contributed by atoms with Gasteiger partial charge in [-0.2, -0.15) is 0 Å². The quantitative estimate of drug-likeness (QED) is 0.683. The van der Waals surface area contributed by atoms with Crippen molar-refractivity contribution in [3.05, 3.63) is 35.4 Å². The largest absolute Gasteiger partial charge is 0.294 e. The van der Waals surface area contributed by atoms with Gasteiger partial charge >= 0.3 is 0 Å². The van der Waals surface area contributed by atoms with E-state index >= 15 is 0 Å². The highest BCUT2D eigenvalue weighted by atomic mass is 16.1. The van der Waals surface area contributed by atoms with Gasteiger partial charge in [0.05, 0.1) is 0 Å². The fraction of sp³-hybridized carbons (Fsp3) is 0.588. The normalized spacial score (nSPS) is 16.4. The molecule has 0 radical (unpaired) electrons. The Morgan fingerprint density at radius 2 is 1.83 bits per heavy atom. The minimum absolute atomic E-state index is 0.204. The number of Topliss-reactive ketones (excluding diaryl/α,β-unsaturated/α-hetero) is 1. The number of benzene rings is 1. The van der Waals surface area contributed by atoms with Gasteiger partial charge in [0.15, 0.2) is 5.78 Å². The fourth-order valence-electron chi connectivity index (χ4n) is 2.39. The molecule has 0 N–H and O–H groups in total. The molecule has 0 aliphatic heterocycles. The molecular formula is C17H24O. The van der Waals surface area contributed by atoms with Gasteiger partial charge in [-0.15, -0.1) is 0 Å². The smallest absolute Gasteiger partial charge is 0.163 e. The van der Waals surface area contributed by atoms with Crippen molar-refractivity contribution in [1.82, 2.24) is 0 Å². The van der Waals surface area contributed by atoms with E-state index in [0.717, 1.165) is 18.4 Å². The minimum Gasteiger partial charge on any atom is -0.294 e. The molecule has 1 aromatic carbocycles. The van der Waals surface area contributed by atoms with E-state index in [4.69, 9.17) is 0 Å². The highest BCUT2D eigenvalue weighted by molar-refractivity contribution is 5.96. The van der Waals surface area contributed by atoms with Gasteiger partial charge in [-0.05, 0) is 23.3 Å². The summed E-state index contributed by atoms with van der Waals surface area (Å²) in [7, 11) is 0. The molecule has 1 saturated carbocycles. The third kappa shape index (κ3) is 2.82.